The maximum absolute atomic E-state index is 13.5. The highest BCUT2D eigenvalue weighted by atomic mass is 16.5. The van der Waals surface area contributed by atoms with Gasteiger partial charge in [0, 0.05) is 6.42 Å². The number of ether oxygens (including phenoxy) is 1. The second-order valence-electron chi connectivity index (χ2n) is 11.1. The van der Waals surface area contributed by atoms with E-state index in [9.17, 15) is 24.0 Å². The fourth-order valence-electron chi connectivity index (χ4n) is 4.50. The molecule has 1 fully saturated rings. The van der Waals surface area contributed by atoms with Gasteiger partial charge in [0.1, 0.15) is 24.2 Å². The SMILES string of the molecule is COC(=O)[C@@H](NC(=O)[C@H](Cc1ccccc1)NC(=O)[C@H](CC(C)C)NC(=O)[C@@H](C)NC(=O)[C@@H]1CCCN1)C(C)C. The summed E-state index contributed by atoms with van der Waals surface area (Å²) in [5, 5.41) is 14.0. The van der Waals surface area contributed by atoms with Crippen LogP contribution in [0.5, 0.6) is 0 Å². The Labute approximate surface area is 236 Å². The van der Waals surface area contributed by atoms with Gasteiger partial charge in [0.25, 0.3) is 0 Å². The third kappa shape index (κ3) is 10.3. The molecule has 0 aromatic heterocycles. The van der Waals surface area contributed by atoms with E-state index in [2.05, 4.69) is 26.6 Å². The number of carbonyl (C=O) groups excluding carboxylic acids is 5. The van der Waals surface area contributed by atoms with E-state index in [1.54, 1.807) is 20.8 Å². The van der Waals surface area contributed by atoms with E-state index >= 15 is 0 Å². The number of hydrogen-bond acceptors (Lipinski definition) is 7. The molecule has 1 saturated heterocycles. The molecule has 5 atom stereocenters. The average Bonchev–Trinajstić information content (AvgIpc) is 3.45. The van der Waals surface area contributed by atoms with Crippen LogP contribution >= 0.6 is 0 Å². The first-order chi connectivity index (χ1) is 18.9. The molecule has 11 heteroatoms. The number of hydrogen-bond donors (Lipinski definition) is 5. The molecule has 1 aliphatic heterocycles. The Morgan fingerprint density at radius 2 is 1.50 bits per heavy atom. The van der Waals surface area contributed by atoms with Crippen molar-refractivity contribution in [1.29, 1.82) is 0 Å². The number of amides is 4. The average molecular weight is 560 g/mol. The molecule has 0 aliphatic carbocycles. The standard InChI is InChI=1S/C29H45N5O6/c1-17(2)15-22(32-25(35)19(5)31-26(36)21-13-10-14-30-21)27(37)33-23(16-20-11-8-7-9-12-20)28(38)34-24(18(3)4)29(39)40-6/h7-9,11-12,17-19,21-24,30H,10,13-16H2,1-6H3,(H,31,36)(H,32,35)(H,33,37)(H,34,38)/t19-,21+,22+,23+,24+/m1/s1. The van der Waals surface area contributed by atoms with Crippen LogP contribution in [-0.4, -0.2) is 73.5 Å². The molecule has 5 N–H and O–H groups in total. The summed E-state index contributed by atoms with van der Waals surface area (Å²) < 4.78 is 4.84. The Morgan fingerprint density at radius 1 is 0.875 bits per heavy atom. The van der Waals surface area contributed by atoms with Crippen LogP contribution in [0.25, 0.3) is 0 Å². The molecule has 0 unspecified atom stereocenters. The summed E-state index contributed by atoms with van der Waals surface area (Å²) in [6.07, 6.45) is 2.09. The summed E-state index contributed by atoms with van der Waals surface area (Å²) in [6, 6.07) is 5.15. The molecule has 1 aromatic rings. The molecular formula is C29H45N5O6. The highest BCUT2D eigenvalue weighted by Gasteiger charge is 2.33. The van der Waals surface area contributed by atoms with E-state index in [0.717, 1.165) is 18.5 Å². The fraction of sp³-hybridized carbons (Fsp3) is 0.621. The molecule has 1 heterocycles. The molecule has 222 valence electrons. The van der Waals surface area contributed by atoms with Crippen LogP contribution in [0.4, 0.5) is 0 Å². The van der Waals surface area contributed by atoms with Crippen LogP contribution in [0.2, 0.25) is 0 Å². The van der Waals surface area contributed by atoms with Crippen LogP contribution in [0.1, 0.15) is 59.4 Å². The Morgan fingerprint density at radius 3 is 2.05 bits per heavy atom. The number of benzene rings is 1. The first-order valence-corrected chi connectivity index (χ1v) is 14.0. The van der Waals surface area contributed by atoms with E-state index in [0.29, 0.717) is 12.8 Å². The Hall–Kier alpha value is -3.47. The highest BCUT2D eigenvalue weighted by molar-refractivity contribution is 5.95. The lowest BCUT2D eigenvalue weighted by Gasteiger charge is -2.27. The Bertz CT molecular complexity index is 1010. The van der Waals surface area contributed by atoms with Crippen molar-refractivity contribution in [3.63, 3.8) is 0 Å². The lowest BCUT2D eigenvalue weighted by Crippen LogP contribution is -2.59. The smallest absolute Gasteiger partial charge is 0.328 e. The van der Waals surface area contributed by atoms with E-state index < -0.39 is 47.9 Å². The lowest BCUT2D eigenvalue weighted by atomic mass is 9.99. The van der Waals surface area contributed by atoms with Crippen molar-refractivity contribution in [3.8, 4) is 0 Å². The van der Waals surface area contributed by atoms with Gasteiger partial charge in [-0.3, -0.25) is 19.2 Å². The zero-order valence-electron chi connectivity index (χ0n) is 24.4. The second-order valence-corrected chi connectivity index (χ2v) is 11.1. The summed E-state index contributed by atoms with van der Waals surface area (Å²) in [6.45, 7) is 9.72. The second kappa shape index (κ2) is 16.0. The van der Waals surface area contributed by atoms with Gasteiger partial charge in [0.05, 0.1) is 13.2 Å². The minimum absolute atomic E-state index is 0.0506. The number of carbonyl (C=O) groups is 5. The first kappa shape index (κ1) is 32.7. The normalized spacial score (nSPS) is 17.9. The van der Waals surface area contributed by atoms with Crippen molar-refractivity contribution >= 4 is 29.6 Å². The van der Waals surface area contributed by atoms with Crippen molar-refractivity contribution in [1.82, 2.24) is 26.6 Å². The third-order valence-corrected chi connectivity index (χ3v) is 6.80. The fourth-order valence-corrected chi connectivity index (χ4v) is 4.50. The largest absolute Gasteiger partial charge is 0.467 e. The number of esters is 1. The van der Waals surface area contributed by atoms with Gasteiger partial charge in [-0.05, 0) is 50.1 Å². The summed E-state index contributed by atoms with van der Waals surface area (Å²) in [4.78, 5) is 64.5. The molecule has 11 nitrogen and oxygen atoms in total. The van der Waals surface area contributed by atoms with Crippen LogP contribution in [0.3, 0.4) is 0 Å². The van der Waals surface area contributed by atoms with Crippen molar-refractivity contribution in [2.75, 3.05) is 13.7 Å². The molecule has 4 amide bonds. The van der Waals surface area contributed by atoms with Gasteiger partial charge < -0.3 is 31.3 Å². The van der Waals surface area contributed by atoms with Gasteiger partial charge in [-0.2, -0.15) is 0 Å². The topological polar surface area (TPSA) is 155 Å². The van der Waals surface area contributed by atoms with E-state index in [1.807, 2.05) is 44.2 Å². The molecule has 0 saturated carbocycles. The van der Waals surface area contributed by atoms with E-state index in [4.69, 9.17) is 4.74 Å². The number of rotatable bonds is 14. The minimum Gasteiger partial charge on any atom is -0.467 e. The first-order valence-electron chi connectivity index (χ1n) is 14.0. The Balaban J connectivity index is 2.18. The van der Waals surface area contributed by atoms with Crippen LogP contribution < -0.4 is 26.6 Å². The van der Waals surface area contributed by atoms with Crippen LogP contribution in [-0.2, 0) is 35.1 Å². The summed E-state index contributed by atoms with van der Waals surface area (Å²) in [5.74, 6) is -2.60. The summed E-state index contributed by atoms with van der Waals surface area (Å²) in [7, 11) is 1.25. The van der Waals surface area contributed by atoms with Gasteiger partial charge in [-0.1, -0.05) is 58.0 Å². The Kier molecular flexibility index (Phi) is 13.1. The zero-order valence-corrected chi connectivity index (χ0v) is 24.4. The van der Waals surface area contributed by atoms with Gasteiger partial charge in [0.2, 0.25) is 23.6 Å². The van der Waals surface area contributed by atoms with Crippen LogP contribution in [0, 0.1) is 11.8 Å². The number of methoxy groups -OCH3 is 1. The molecule has 0 radical (unpaired) electrons. The molecular weight excluding hydrogens is 514 g/mol. The van der Waals surface area contributed by atoms with Gasteiger partial charge in [-0.15, -0.1) is 0 Å². The van der Waals surface area contributed by atoms with E-state index in [-0.39, 0.29) is 30.2 Å². The maximum Gasteiger partial charge on any atom is 0.328 e. The predicted molar refractivity (Wildman–Crippen MR) is 151 cm³/mol. The third-order valence-electron chi connectivity index (χ3n) is 6.80. The predicted octanol–water partition coefficient (Wildman–Crippen LogP) is 0.815. The van der Waals surface area contributed by atoms with E-state index in [1.165, 1.54) is 7.11 Å². The minimum atomic E-state index is -1.02. The zero-order chi connectivity index (χ0) is 29.8. The maximum atomic E-state index is 13.5. The summed E-state index contributed by atoms with van der Waals surface area (Å²) in [5.41, 5.74) is 0.809. The summed E-state index contributed by atoms with van der Waals surface area (Å²) >= 11 is 0. The van der Waals surface area contributed by atoms with Crippen molar-refractivity contribution in [2.24, 2.45) is 11.8 Å². The molecule has 2 rings (SSSR count). The molecule has 1 aromatic carbocycles. The highest BCUT2D eigenvalue weighted by Crippen LogP contribution is 2.11. The molecule has 0 spiro atoms. The van der Waals surface area contributed by atoms with Gasteiger partial charge in [0.15, 0.2) is 0 Å². The molecule has 0 bridgehead atoms. The van der Waals surface area contributed by atoms with Crippen molar-refractivity contribution in [2.45, 2.75) is 90.5 Å². The number of nitrogens with one attached hydrogen (secondary N) is 5. The quantitative estimate of drug-likeness (QED) is 0.211. The monoisotopic (exact) mass is 559 g/mol. The molecule has 1 aliphatic rings. The van der Waals surface area contributed by atoms with Crippen LogP contribution in [0.15, 0.2) is 30.3 Å². The van der Waals surface area contributed by atoms with Crippen molar-refractivity contribution in [3.05, 3.63) is 35.9 Å². The lowest BCUT2D eigenvalue weighted by molar-refractivity contribution is -0.146. The van der Waals surface area contributed by atoms with Gasteiger partial charge >= 0.3 is 5.97 Å². The van der Waals surface area contributed by atoms with Gasteiger partial charge in [-0.25, -0.2) is 4.79 Å². The van der Waals surface area contributed by atoms with Crippen molar-refractivity contribution < 1.29 is 28.7 Å². The molecule has 40 heavy (non-hydrogen) atoms.